The van der Waals surface area contributed by atoms with Crippen LogP contribution in [-0.4, -0.2) is 36.5 Å². The average molecular weight is 336 g/mol. The SMILES string of the molecule is C[C@@H](N)C(=O)NC1CCN(C)C1c1ccc(Cl)c(F)c1.Cl. The molecular weight excluding hydrogens is 316 g/mol. The van der Waals surface area contributed by atoms with E-state index < -0.39 is 11.9 Å². The normalized spacial score (nSPS) is 23.5. The Morgan fingerprint density at radius 3 is 2.81 bits per heavy atom. The lowest BCUT2D eigenvalue weighted by molar-refractivity contribution is -0.122. The third-order valence-electron chi connectivity index (χ3n) is 3.68. The fourth-order valence-electron chi connectivity index (χ4n) is 2.60. The average Bonchev–Trinajstić information content (AvgIpc) is 2.74. The second kappa shape index (κ2) is 7.40. The molecule has 0 spiro atoms. The van der Waals surface area contributed by atoms with E-state index in [2.05, 4.69) is 10.2 Å². The van der Waals surface area contributed by atoms with Crippen molar-refractivity contribution in [2.24, 2.45) is 5.73 Å². The molecule has 0 saturated carbocycles. The van der Waals surface area contributed by atoms with Crippen LogP contribution in [0.15, 0.2) is 18.2 Å². The number of hydrogen-bond acceptors (Lipinski definition) is 3. The highest BCUT2D eigenvalue weighted by Gasteiger charge is 2.34. The molecule has 118 valence electrons. The van der Waals surface area contributed by atoms with Crippen molar-refractivity contribution in [1.29, 1.82) is 0 Å². The molecule has 1 heterocycles. The third kappa shape index (κ3) is 4.07. The summed E-state index contributed by atoms with van der Waals surface area (Å²) in [4.78, 5) is 13.8. The minimum atomic E-state index is -0.552. The summed E-state index contributed by atoms with van der Waals surface area (Å²) in [6.07, 6.45) is 0.809. The number of nitrogens with one attached hydrogen (secondary N) is 1. The van der Waals surface area contributed by atoms with Crippen molar-refractivity contribution in [3.8, 4) is 0 Å². The van der Waals surface area contributed by atoms with Crippen molar-refractivity contribution in [2.75, 3.05) is 13.6 Å². The minimum absolute atomic E-state index is 0. The molecule has 1 saturated heterocycles. The van der Waals surface area contributed by atoms with Gasteiger partial charge in [-0.1, -0.05) is 17.7 Å². The van der Waals surface area contributed by atoms with Gasteiger partial charge in [0.25, 0.3) is 0 Å². The zero-order valence-corrected chi connectivity index (χ0v) is 13.5. The second-order valence-electron chi connectivity index (χ2n) is 5.29. The van der Waals surface area contributed by atoms with Crippen LogP contribution < -0.4 is 11.1 Å². The van der Waals surface area contributed by atoms with Gasteiger partial charge in [-0.05, 0) is 38.1 Å². The Kier molecular flexibility index (Phi) is 6.41. The summed E-state index contributed by atoms with van der Waals surface area (Å²) < 4.78 is 13.6. The molecule has 1 aromatic carbocycles. The first kappa shape index (κ1) is 18.2. The predicted octanol–water partition coefficient (Wildman–Crippen LogP) is 2.11. The van der Waals surface area contributed by atoms with E-state index in [1.165, 1.54) is 6.07 Å². The molecule has 1 aliphatic heterocycles. The van der Waals surface area contributed by atoms with E-state index in [0.717, 1.165) is 18.5 Å². The molecule has 0 radical (unpaired) electrons. The Morgan fingerprint density at radius 2 is 2.24 bits per heavy atom. The van der Waals surface area contributed by atoms with E-state index in [1.807, 2.05) is 7.05 Å². The Morgan fingerprint density at radius 1 is 1.57 bits per heavy atom. The molecule has 4 nitrogen and oxygen atoms in total. The van der Waals surface area contributed by atoms with Gasteiger partial charge in [-0.15, -0.1) is 12.4 Å². The first-order chi connectivity index (χ1) is 9.40. The number of benzene rings is 1. The molecule has 1 aliphatic rings. The summed E-state index contributed by atoms with van der Waals surface area (Å²) in [5.41, 5.74) is 6.38. The highest BCUT2D eigenvalue weighted by atomic mass is 35.5. The number of rotatable bonds is 3. The summed E-state index contributed by atoms with van der Waals surface area (Å²) in [7, 11) is 1.95. The number of carbonyl (C=O) groups is 1. The lowest BCUT2D eigenvalue weighted by Crippen LogP contribution is -2.45. The maximum atomic E-state index is 13.6. The largest absolute Gasteiger partial charge is 0.350 e. The molecule has 7 heteroatoms. The van der Waals surface area contributed by atoms with Gasteiger partial charge in [-0.3, -0.25) is 9.69 Å². The molecule has 21 heavy (non-hydrogen) atoms. The van der Waals surface area contributed by atoms with Crippen LogP contribution in [0.5, 0.6) is 0 Å². The van der Waals surface area contributed by atoms with Crippen LogP contribution in [0.1, 0.15) is 24.9 Å². The van der Waals surface area contributed by atoms with Gasteiger partial charge in [0.2, 0.25) is 5.91 Å². The van der Waals surface area contributed by atoms with Crippen LogP contribution >= 0.6 is 24.0 Å². The van der Waals surface area contributed by atoms with Crippen LogP contribution in [0.4, 0.5) is 4.39 Å². The Bertz CT molecular complexity index is 513. The van der Waals surface area contributed by atoms with E-state index in [-0.39, 0.29) is 35.4 Å². The number of hydrogen-bond donors (Lipinski definition) is 2. The summed E-state index contributed by atoms with van der Waals surface area (Å²) >= 11 is 5.71. The number of carbonyl (C=O) groups excluding carboxylic acids is 1. The molecule has 1 aromatic rings. The number of likely N-dealkylation sites (N-methyl/N-ethyl adjacent to an activating group) is 1. The van der Waals surface area contributed by atoms with Gasteiger partial charge in [0.05, 0.1) is 17.1 Å². The molecule has 1 fully saturated rings. The molecule has 2 unspecified atom stereocenters. The third-order valence-corrected chi connectivity index (χ3v) is 3.98. The van der Waals surface area contributed by atoms with Crippen LogP contribution in [0.25, 0.3) is 0 Å². The van der Waals surface area contributed by atoms with Gasteiger partial charge in [0.15, 0.2) is 0 Å². The van der Waals surface area contributed by atoms with E-state index in [0.29, 0.717) is 0 Å². The monoisotopic (exact) mass is 335 g/mol. The molecule has 3 atom stereocenters. The molecule has 0 aliphatic carbocycles. The van der Waals surface area contributed by atoms with Crippen molar-refractivity contribution < 1.29 is 9.18 Å². The fourth-order valence-corrected chi connectivity index (χ4v) is 2.71. The maximum absolute atomic E-state index is 13.6. The number of nitrogens with zero attached hydrogens (tertiary/aromatic N) is 1. The predicted molar refractivity (Wildman–Crippen MR) is 84.2 cm³/mol. The lowest BCUT2D eigenvalue weighted by atomic mass is 9.99. The van der Waals surface area contributed by atoms with Crippen LogP contribution in [0.2, 0.25) is 5.02 Å². The fraction of sp³-hybridized carbons (Fsp3) is 0.500. The standard InChI is InChI=1S/C14H19ClFN3O.ClH/c1-8(17)14(20)18-12-5-6-19(2)13(12)9-3-4-10(15)11(16)7-9;/h3-4,7-8,12-13H,5-6,17H2,1-2H3,(H,18,20);1H/t8-,12?,13?;/m1./s1. The van der Waals surface area contributed by atoms with Crippen molar-refractivity contribution in [3.63, 3.8) is 0 Å². The van der Waals surface area contributed by atoms with Gasteiger partial charge < -0.3 is 11.1 Å². The molecule has 0 bridgehead atoms. The molecule has 3 N–H and O–H groups in total. The Labute approximate surface area is 135 Å². The highest BCUT2D eigenvalue weighted by molar-refractivity contribution is 6.30. The van der Waals surface area contributed by atoms with Crippen molar-refractivity contribution in [2.45, 2.75) is 31.5 Å². The smallest absolute Gasteiger partial charge is 0.236 e. The van der Waals surface area contributed by atoms with Crippen molar-refractivity contribution in [3.05, 3.63) is 34.6 Å². The van der Waals surface area contributed by atoms with E-state index in [9.17, 15) is 9.18 Å². The quantitative estimate of drug-likeness (QED) is 0.889. The van der Waals surface area contributed by atoms with Crippen LogP contribution in [-0.2, 0) is 4.79 Å². The van der Waals surface area contributed by atoms with Crippen molar-refractivity contribution >= 4 is 29.9 Å². The second-order valence-corrected chi connectivity index (χ2v) is 5.70. The molecular formula is C14H20Cl2FN3O. The first-order valence-electron chi connectivity index (χ1n) is 6.61. The van der Waals surface area contributed by atoms with Gasteiger partial charge in [0.1, 0.15) is 5.82 Å². The zero-order valence-electron chi connectivity index (χ0n) is 12.0. The van der Waals surface area contributed by atoms with Gasteiger partial charge in [-0.25, -0.2) is 4.39 Å². The topological polar surface area (TPSA) is 58.4 Å². The summed E-state index contributed by atoms with van der Waals surface area (Å²) in [5.74, 6) is -0.633. The number of likely N-dealkylation sites (tertiary alicyclic amines) is 1. The van der Waals surface area contributed by atoms with Gasteiger partial charge >= 0.3 is 0 Å². The van der Waals surface area contributed by atoms with Crippen LogP contribution in [0.3, 0.4) is 0 Å². The highest BCUT2D eigenvalue weighted by Crippen LogP contribution is 2.32. The molecule has 0 aromatic heterocycles. The van der Waals surface area contributed by atoms with Crippen molar-refractivity contribution in [1.82, 2.24) is 10.2 Å². The van der Waals surface area contributed by atoms with Gasteiger partial charge in [0, 0.05) is 12.6 Å². The summed E-state index contributed by atoms with van der Waals surface area (Å²) in [6.45, 7) is 2.48. The Balaban J connectivity index is 0.00000220. The molecule has 2 rings (SSSR count). The number of amides is 1. The summed E-state index contributed by atoms with van der Waals surface area (Å²) in [6, 6.07) is 4.08. The maximum Gasteiger partial charge on any atom is 0.236 e. The summed E-state index contributed by atoms with van der Waals surface area (Å²) in [5, 5.41) is 3.03. The first-order valence-corrected chi connectivity index (χ1v) is 6.99. The molecule has 1 amide bonds. The Hall–Kier alpha value is -0.880. The number of halogens is 3. The lowest BCUT2D eigenvalue weighted by Gasteiger charge is -2.27. The van der Waals surface area contributed by atoms with Gasteiger partial charge in [-0.2, -0.15) is 0 Å². The van der Waals surface area contributed by atoms with Crippen LogP contribution in [0, 0.1) is 5.82 Å². The van der Waals surface area contributed by atoms with E-state index >= 15 is 0 Å². The van der Waals surface area contributed by atoms with E-state index in [1.54, 1.807) is 19.1 Å². The van der Waals surface area contributed by atoms with E-state index in [4.69, 9.17) is 17.3 Å². The number of nitrogens with two attached hydrogens (primary N) is 1. The minimum Gasteiger partial charge on any atom is -0.350 e. The zero-order chi connectivity index (χ0) is 14.9.